The Kier molecular flexibility index (Phi) is 8.24. The van der Waals surface area contributed by atoms with Gasteiger partial charge in [-0.1, -0.05) is 12.1 Å². The van der Waals surface area contributed by atoms with Crippen LogP contribution in [0.15, 0.2) is 23.3 Å². The van der Waals surface area contributed by atoms with Gasteiger partial charge in [-0.3, -0.25) is 9.59 Å². The van der Waals surface area contributed by atoms with Crippen molar-refractivity contribution in [3.05, 3.63) is 51.6 Å². The van der Waals surface area contributed by atoms with Gasteiger partial charge >= 0.3 is 0 Å². The lowest BCUT2D eigenvalue weighted by Gasteiger charge is -2.43. The predicted molar refractivity (Wildman–Crippen MR) is 152 cm³/mol. The number of phenols is 2. The van der Waals surface area contributed by atoms with Crippen molar-refractivity contribution in [1.29, 1.82) is 0 Å². The van der Waals surface area contributed by atoms with Crippen molar-refractivity contribution in [3.63, 3.8) is 0 Å². The van der Waals surface area contributed by atoms with E-state index >= 15 is 0 Å². The number of benzene rings is 2. The number of nitrogens with one attached hydrogen (secondary N) is 1. The molecule has 2 aromatic rings. The fourth-order valence-corrected chi connectivity index (χ4v) is 6.10. The standard InChI is InChI=1S/C30H37N3O10/c1-12(2)32-33-19(11-34)30(40)9-15-22(18(10-30)43-20-8-16(31)25(35)13(3)42-20)29(39)24-23(27(15)37)26(36)14-6-5-7-17(41-4)21(14)28(24)38/h5-7,12-13,16,18,20,25,32,34-35,37,39-40H,8-11,31H2,1-4H3/b33-19+/t13-,16-,18-,20-,25+,30-/m0/s1. The Morgan fingerprint density at radius 3 is 2.51 bits per heavy atom. The number of fused-ring (bicyclic) bond motifs is 3. The Morgan fingerprint density at radius 1 is 1.19 bits per heavy atom. The number of nitrogens with zero attached hydrogens (tertiary/aromatic N) is 1. The minimum atomic E-state index is -1.92. The molecule has 0 bridgehead atoms. The molecule has 0 saturated carbocycles. The van der Waals surface area contributed by atoms with Gasteiger partial charge in [0.15, 0.2) is 12.1 Å². The van der Waals surface area contributed by atoms with Gasteiger partial charge in [-0.25, -0.2) is 0 Å². The van der Waals surface area contributed by atoms with E-state index in [4.69, 9.17) is 19.9 Å². The molecule has 2 aromatic carbocycles. The number of hydrazone groups is 1. The van der Waals surface area contributed by atoms with E-state index in [1.54, 1.807) is 6.92 Å². The van der Waals surface area contributed by atoms with Crippen LogP contribution < -0.4 is 15.9 Å². The first-order valence-corrected chi connectivity index (χ1v) is 14.1. The zero-order valence-electron chi connectivity index (χ0n) is 24.3. The van der Waals surface area contributed by atoms with Crippen LogP contribution in [-0.4, -0.2) is 92.7 Å². The lowest BCUT2D eigenvalue weighted by atomic mass is 9.71. The minimum absolute atomic E-state index is 0.0127. The summed E-state index contributed by atoms with van der Waals surface area (Å²) in [5, 5.41) is 59.9. The Morgan fingerprint density at radius 2 is 1.88 bits per heavy atom. The van der Waals surface area contributed by atoms with Gasteiger partial charge in [-0.05, 0) is 26.8 Å². The number of ether oxygens (including phenoxy) is 3. The summed E-state index contributed by atoms with van der Waals surface area (Å²) in [6.45, 7) is 4.59. The van der Waals surface area contributed by atoms with Gasteiger partial charge in [-0.15, -0.1) is 0 Å². The summed E-state index contributed by atoms with van der Waals surface area (Å²) in [5.74, 6) is -2.53. The van der Waals surface area contributed by atoms with Gasteiger partial charge in [0, 0.05) is 48.0 Å². The van der Waals surface area contributed by atoms with E-state index < -0.39 is 77.0 Å². The number of rotatable bonds is 7. The van der Waals surface area contributed by atoms with Crippen LogP contribution in [0.25, 0.3) is 0 Å². The van der Waals surface area contributed by atoms with Gasteiger partial charge in [-0.2, -0.15) is 5.10 Å². The molecule has 13 heteroatoms. The number of hydrogen-bond acceptors (Lipinski definition) is 13. The van der Waals surface area contributed by atoms with Crippen molar-refractivity contribution in [1.82, 2.24) is 5.43 Å². The van der Waals surface area contributed by atoms with E-state index in [0.717, 1.165) is 0 Å². The van der Waals surface area contributed by atoms with E-state index in [2.05, 4.69) is 10.5 Å². The molecule has 232 valence electrons. The molecule has 2 aliphatic carbocycles. The van der Waals surface area contributed by atoms with E-state index in [1.165, 1.54) is 25.3 Å². The molecule has 0 unspecified atom stereocenters. The third-order valence-electron chi connectivity index (χ3n) is 8.29. The normalized spacial score (nSPS) is 28.8. The molecular formula is C30H37N3O10. The van der Waals surface area contributed by atoms with Crippen LogP contribution in [0.5, 0.6) is 17.2 Å². The second kappa shape index (κ2) is 11.5. The third kappa shape index (κ3) is 5.15. The summed E-state index contributed by atoms with van der Waals surface area (Å²) in [6, 6.07) is 3.63. The van der Waals surface area contributed by atoms with Gasteiger partial charge in [0.05, 0.1) is 54.4 Å². The second-order valence-corrected chi connectivity index (χ2v) is 11.6. The predicted octanol–water partition coefficient (Wildman–Crippen LogP) is 0.786. The topological polar surface area (TPSA) is 213 Å². The van der Waals surface area contributed by atoms with Crippen molar-refractivity contribution in [2.45, 2.75) is 82.3 Å². The number of methoxy groups -OCH3 is 1. The molecule has 8 N–H and O–H groups in total. The number of carbonyl (C=O) groups excluding carboxylic acids is 2. The maximum absolute atomic E-state index is 13.8. The number of ketones is 2. The molecule has 5 rings (SSSR count). The second-order valence-electron chi connectivity index (χ2n) is 11.6. The molecule has 0 spiro atoms. The van der Waals surface area contributed by atoms with Gasteiger partial charge in [0.25, 0.3) is 0 Å². The van der Waals surface area contributed by atoms with E-state index in [0.29, 0.717) is 0 Å². The summed E-state index contributed by atoms with van der Waals surface area (Å²) in [5.41, 5.74) is 5.93. The van der Waals surface area contributed by atoms with Crippen LogP contribution in [0.1, 0.15) is 82.7 Å². The maximum atomic E-state index is 13.8. The van der Waals surface area contributed by atoms with Crippen LogP contribution in [0.4, 0.5) is 0 Å². The summed E-state index contributed by atoms with van der Waals surface area (Å²) in [4.78, 5) is 27.5. The molecule has 0 aromatic heterocycles. The number of carbonyl (C=O) groups is 2. The highest BCUT2D eigenvalue weighted by Gasteiger charge is 2.49. The molecule has 0 radical (unpaired) electrons. The monoisotopic (exact) mass is 599 g/mol. The molecular weight excluding hydrogens is 562 g/mol. The molecule has 1 heterocycles. The van der Waals surface area contributed by atoms with Crippen LogP contribution in [0, 0.1) is 0 Å². The number of aliphatic hydroxyl groups excluding tert-OH is 2. The molecule has 6 atom stereocenters. The zero-order valence-corrected chi connectivity index (χ0v) is 24.3. The summed E-state index contributed by atoms with van der Waals surface area (Å²) >= 11 is 0. The molecule has 3 aliphatic rings. The minimum Gasteiger partial charge on any atom is -0.507 e. The van der Waals surface area contributed by atoms with Crippen LogP contribution in [0.3, 0.4) is 0 Å². The van der Waals surface area contributed by atoms with Crippen molar-refractivity contribution in [2.75, 3.05) is 13.7 Å². The molecule has 1 saturated heterocycles. The Labute approximate surface area is 247 Å². The Hall–Kier alpha value is -3.59. The lowest BCUT2D eigenvalue weighted by molar-refractivity contribution is -0.245. The van der Waals surface area contributed by atoms with Crippen molar-refractivity contribution in [3.8, 4) is 17.2 Å². The molecule has 13 nitrogen and oxygen atoms in total. The summed E-state index contributed by atoms with van der Waals surface area (Å²) < 4.78 is 17.4. The quantitative estimate of drug-likeness (QED) is 0.114. The number of aromatic hydroxyl groups is 2. The highest BCUT2D eigenvalue weighted by Crippen LogP contribution is 2.52. The maximum Gasteiger partial charge on any atom is 0.202 e. The average molecular weight is 600 g/mol. The fourth-order valence-electron chi connectivity index (χ4n) is 6.10. The zero-order chi connectivity index (χ0) is 31.4. The highest BCUT2D eigenvalue weighted by atomic mass is 16.7. The first-order chi connectivity index (χ1) is 20.3. The average Bonchev–Trinajstić information content (AvgIpc) is 2.95. The molecule has 43 heavy (non-hydrogen) atoms. The van der Waals surface area contributed by atoms with Crippen molar-refractivity contribution < 1.29 is 49.3 Å². The Bertz CT molecular complexity index is 1480. The van der Waals surface area contributed by atoms with Crippen LogP contribution in [-0.2, 0) is 15.9 Å². The third-order valence-corrected chi connectivity index (χ3v) is 8.29. The van der Waals surface area contributed by atoms with E-state index in [1.807, 2.05) is 13.8 Å². The summed E-state index contributed by atoms with van der Waals surface area (Å²) in [7, 11) is 1.35. The lowest BCUT2D eigenvalue weighted by Crippen LogP contribution is -2.53. The number of nitrogens with two attached hydrogens (primary N) is 1. The number of hydrogen-bond donors (Lipinski definition) is 7. The molecule has 0 amide bonds. The molecule has 1 aliphatic heterocycles. The van der Waals surface area contributed by atoms with E-state index in [-0.39, 0.29) is 59.0 Å². The largest absolute Gasteiger partial charge is 0.507 e. The fraction of sp³-hybridized carbons (Fsp3) is 0.500. The van der Waals surface area contributed by atoms with Crippen LogP contribution >= 0.6 is 0 Å². The van der Waals surface area contributed by atoms with Crippen molar-refractivity contribution >= 4 is 17.3 Å². The SMILES string of the molecule is COc1cccc2c1C(=O)c1c(O)c3c(c(O)c1C2=O)C[C@@](O)(/C(CO)=N/NC(C)C)C[C@@H]3O[C@H]1C[C@H](N)[C@H](O)[C@H](C)O1. The van der Waals surface area contributed by atoms with Gasteiger partial charge in [0.2, 0.25) is 5.78 Å². The molecule has 1 fully saturated rings. The Balaban J connectivity index is 1.69. The van der Waals surface area contributed by atoms with E-state index in [9.17, 15) is 35.1 Å². The highest BCUT2D eigenvalue weighted by molar-refractivity contribution is 6.31. The number of aliphatic hydroxyl groups is 3. The first kappa shape index (κ1) is 30.9. The number of phenolic OH excluding ortho intramolecular Hbond substituents is 2. The van der Waals surface area contributed by atoms with Gasteiger partial charge < -0.3 is 50.9 Å². The first-order valence-electron chi connectivity index (χ1n) is 14.1. The van der Waals surface area contributed by atoms with Crippen molar-refractivity contribution in [2.24, 2.45) is 10.8 Å². The van der Waals surface area contributed by atoms with Crippen LogP contribution in [0.2, 0.25) is 0 Å². The van der Waals surface area contributed by atoms with Gasteiger partial charge in [0.1, 0.15) is 22.8 Å². The summed E-state index contributed by atoms with van der Waals surface area (Å²) in [6.07, 6.45) is -4.48. The smallest absolute Gasteiger partial charge is 0.202 e.